The standard InChI is InChI=1S/C22H20N6O4S/c1-31-15-4-5-17-20(8-15)33-22-24-16(12-28(17)22)21(30)23-9-14-11-27(26-25-14)10-13-3-6-19(32-2)18(29)7-13/h3-8,11-12,29H,9-10H2,1-2H3,(H,23,30). The summed E-state index contributed by atoms with van der Waals surface area (Å²) in [5.74, 6) is 0.964. The molecule has 168 valence electrons. The zero-order valence-corrected chi connectivity index (χ0v) is 18.7. The fourth-order valence-electron chi connectivity index (χ4n) is 3.50. The number of carbonyl (C=O) groups is 1. The Balaban J connectivity index is 1.24. The predicted molar refractivity (Wildman–Crippen MR) is 122 cm³/mol. The van der Waals surface area contributed by atoms with Crippen LogP contribution in [0.4, 0.5) is 0 Å². The number of benzene rings is 2. The van der Waals surface area contributed by atoms with Crippen molar-refractivity contribution in [3.8, 4) is 17.2 Å². The number of nitrogens with zero attached hydrogens (tertiary/aromatic N) is 5. The molecule has 1 amide bonds. The Bertz CT molecular complexity index is 1470. The maximum absolute atomic E-state index is 12.6. The van der Waals surface area contributed by atoms with Gasteiger partial charge in [-0.3, -0.25) is 9.20 Å². The number of carbonyl (C=O) groups excluding carboxylic acids is 1. The number of fused-ring (bicyclic) bond motifs is 3. The molecule has 0 saturated carbocycles. The van der Waals surface area contributed by atoms with Crippen LogP contribution < -0.4 is 14.8 Å². The van der Waals surface area contributed by atoms with E-state index in [0.29, 0.717) is 23.7 Å². The third-order valence-corrected chi connectivity index (χ3v) is 6.16. The molecule has 0 fully saturated rings. The summed E-state index contributed by atoms with van der Waals surface area (Å²) in [4.78, 5) is 17.8. The summed E-state index contributed by atoms with van der Waals surface area (Å²) in [5, 5.41) is 20.9. The lowest BCUT2D eigenvalue weighted by molar-refractivity contribution is 0.0946. The zero-order chi connectivity index (χ0) is 22.9. The summed E-state index contributed by atoms with van der Waals surface area (Å²) in [5.41, 5.74) is 2.76. The number of hydrogen-bond acceptors (Lipinski definition) is 8. The van der Waals surface area contributed by atoms with Crippen LogP contribution in [0.3, 0.4) is 0 Å². The van der Waals surface area contributed by atoms with Crippen molar-refractivity contribution in [1.29, 1.82) is 0 Å². The van der Waals surface area contributed by atoms with Gasteiger partial charge in [-0.1, -0.05) is 22.6 Å². The van der Waals surface area contributed by atoms with Gasteiger partial charge in [0.2, 0.25) is 0 Å². The molecule has 0 atom stereocenters. The molecule has 5 rings (SSSR count). The van der Waals surface area contributed by atoms with Crippen molar-refractivity contribution in [3.05, 3.63) is 65.7 Å². The predicted octanol–water partition coefficient (Wildman–Crippen LogP) is 2.84. The summed E-state index contributed by atoms with van der Waals surface area (Å²) in [6.07, 6.45) is 3.47. The van der Waals surface area contributed by atoms with Crippen molar-refractivity contribution in [2.75, 3.05) is 14.2 Å². The molecular weight excluding hydrogens is 444 g/mol. The van der Waals surface area contributed by atoms with Crippen LogP contribution in [0.5, 0.6) is 17.2 Å². The van der Waals surface area contributed by atoms with Gasteiger partial charge in [0.15, 0.2) is 16.5 Å². The Hall–Kier alpha value is -4.12. The molecular formula is C22H20N6O4S. The first-order valence-corrected chi connectivity index (χ1v) is 10.8. The third kappa shape index (κ3) is 4.05. The van der Waals surface area contributed by atoms with Crippen LogP contribution in [0.2, 0.25) is 0 Å². The van der Waals surface area contributed by atoms with E-state index in [1.807, 2.05) is 28.7 Å². The number of imidazole rings is 1. The zero-order valence-electron chi connectivity index (χ0n) is 17.8. The number of phenols is 1. The van der Waals surface area contributed by atoms with E-state index in [-0.39, 0.29) is 18.2 Å². The van der Waals surface area contributed by atoms with E-state index in [4.69, 9.17) is 9.47 Å². The quantitative estimate of drug-likeness (QED) is 0.380. The average molecular weight is 465 g/mol. The molecule has 0 aliphatic rings. The first-order valence-electron chi connectivity index (χ1n) is 10.0. The van der Waals surface area contributed by atoms with Gasteiger partial charge < -0.3 is 19.9 Å². The number of amides is 1. The molecule has 0 unspecified atom stereocenters. The second kappa shape index (κ2) is 8.43. The van der Waals surface area contributed by atoms with Crippen LogP contribution >= 0.6 is 11.3 Å². The van der Waals surface area contributed by atoms with Gasteiger partial charge >= 0.3 is 0 Å². The SMILES string of the molecule is COc1ccc2c(c1)sc1nc(C(=O)NCc3cn(Cc4ccc(OC)c(O)c4)nn3)cn12. The molecule has 0 aliphatic carbocycles. The van der Waals surface area contributed by atoms with Crippen LogP contribution in [-0.2, 0) is 13.1 Å². The molecule has 11 heteroatoms. The molecule has 5 aromatic rings. The molecule has 0 aliphatic heterocycles. The summed E-state index contributed by atoms with van der Waals surface area (Å²) < 4.78 is 14.9. The number of aromatic hydroxyl groups is 1. The molecule has 2 N–H and O–H groups in total. The van der Waals surface area contributed by atoms with Crippen molar-refractivity contribution in [2.24, 2.45) is 0 Å². The van der Waals surface area contributed by atoms with E-state index < -0.39 is 0 Å². The summed E-state index contributed by atoms with van der Waals surface area (Å²) in [6.45, 7) is 0.642. The number of ether oxygens (including phenoxy) is 2. The van der Waals surface area contributed by atoms with Crippen LogP contribution in [-0.4, -0.2) is 49.6 Å². The molecule has 0 saturated heterocycles. The van der Waals surface area contributed by atoms with Crippen molar-refractivity contribution in [1.82, 2.24) is 29.7 Å². The minimum absolute atomic E-state index is 0.0643. The van der Waals surface area contributed by atoms with Gasteiger partial charge in [-0.05, 0) is 35.9 Å². The average Bonchev–Trinajstić information content (AvgIpc) is 3.52. The number of thiazole rings is 1. The number of nitrogens with one attached hydrogen (secondary N) is 1. The number of methoxy groups -OCH3 is 2. The van der Waals surface area contributed by atoms with Gasteiger partial charge in [0, 0.05) is 6.20 Å². The Labute approximate surface area is 192 Å². The van der Waals surface area contributed by atoms with E-state index in [0.717, 1.165) is 26.5 Å². The highest BCUT2D eigenvalue weighted by Crippen LogP contribution is 2.29. The highest BCUT2D eigenvalue weighted by molar-refractivity contribution is 7.23. The summed E-state index contributed by atoms with van der Waals surface area (Å²) in [6, 6.07) is 10.9. The Morgan fingerprint density at radius 2 is 2.03 bits per heavy atom. The first-order chi connectivity index (χ1) is 16.0. The highest BCUT2D eigenvalue weighted by atomic mass is 32.1. The van der Waals surface area contributed by atoms with E-state index in [9.17, 15) is 9.90 Å². The molecule has 2 aromatic carbocycles. The molecule has 3 aromatic heterocycles. The molecule has 33 heavy (non-hydrogen) atoms. The summed E-state index contributed by atoms with van der Waals surface area (Å²) >= 11 is 1.49. The minimum Gasteiger partial charge on any atom is -0.504 e. The second-order valence-electron chi connectivity index (χ2n) is 7.31. The molecule has 10 nitrogen and oxygen atoms in total. The number of rotatable bonds is 7. The van der Waals surface area contributed by atoms with Crippen molar-refractivity contribution in [3.63, 3.8) is 0 Å². The Morgan fingerprint density at radius 1 is 1.15 bits per heavy atom. The second-order valence-corrected chi connectivity index (χ2v) is 8.32. The van der Waals surface area contributed by atoms with Crippen LogP contribution in [0.15, 0.2) is 48.8 Å². The maximum atomic E-state index is 12.6. The van der Waals surface area contributed by atoms with Gasteiger partial charge in [-0.15, -0.1) is 5.10 Å². The minimum atomic E-state index is -0.290. The lowest BCUT2D eigenvalue weighted by Crippen LogP contribution is -2.23. The lowest BCUT2D eigenvalue weighted by Gasteiger charge is -2.06. The van der Waals surface area contributed by atoms with Crippen molar-refractivity contribution in [2.45, 2.75) is 13.1 Å². The maximum Gasteiger partial charge on any atom is 0.271 e. The third-order valence-electron chi connectivity index (χ3n) is 5.14. The van der Waals surface area contributed by atoms with Crippen molar-refractivity contribution >= 4 is 32.4 Å². The number of phenolic OH excluding ortho intramolecular Hbond substituents is 1. The van der Waals surface area contributed by atoms with E-state index in [2.05, 4.69) is 20.6 Å². The van der Waals surface area contributed by atoms with Gasteiger partial charge in [0.1, 0.15) is 17.1 Å². The highest BCUT2D eigenvalue weighted by Gasteiger charge is 2.15. The Kier molecular flexibility index (Phi) is 5.31. The molecule has 0 bridgehead atoms. The van der Waals surface area contributed by atoms with Crippen LogP contribution in [0.1, 0.15) is 21.7 Å². The van der Waals surface area contributed by atoms with Crippen LogP contribution in [0, 0.1) is 0 Å². The van der Waals surface area contributed by atoms with E-state index in [1.165, 1.54) is 18.4 Å². The number of aromatic nitrogens is 5. The summed E-state index contributed by atoms with van der Waals surface area (Å²) in [7, 11) is 3.13. The number of hydrogen-bond donors (Lipinski definition) is 2. The monoisotopic (exact) mass is 464 g/mol. The van der Waals surface area contributed by atoms with Gasteiger partial charge in [-0.25, -0.2) is 9.67 Å². The molecule has 0 radical (unpaired) electrons. The first kappa shape index (κ1) is 20.8. The van der Waals surface area contributed by atoms with Crippen LogP contribution in [0.25, 0.3) is 15.2 Å². The fourth-order valence-corrected chi connectivity index (χ4v) is 4.53. The Morgan fingerprint density at radius 3 is 2.82 bits per heavy atom. The van der Waals surface area contributed by atoms with Gasteiger partial charge in [-0.2, -0.15) is 0 Å². The largest absolute Gasteiger partial charge is 0.504 e. The lowest BCUT2D eigenvalue weighted by atomic mass is 10.2. The topological polar surface area (TPSA) is 116 Å². The van der Waals surface area contributed by atoms with E-state index in [1.54, 1.807) is 36.3 Å². The molecule has 0 spiro atoms. The fraction of sp³-hybridized carbons (Fsp3) is 0.182. The smallest absolute Gasteiger partial charge is 0.271 e. The normalized spacial score (nSPS) is 11.2. The van der Waals surface area contributed by atoms with Crippen molar-refractivity contribution < 1.29 is 19.4 Å². The van der Waals surface area contributed by atoms with Gasteiger partial charge in [0.05, 0.1) is 43.7 Å². The molecule has 3 heterocycles. The van der Waals surface area contributed by atoms with Gasteiger partial charge in [0.25, 0.3) is 5.91 Å². The van der Waals surface area contributed by atoms with E-state index >= 15 is 0 Å².